The lowest BCUT2D eigenvalue weighted by Gasteiger charge is -2.40. The summed E-state index contributed by atoms with van der Waals surface area (Å²) in [5.74, 6) is 0.898. The van der Waals surface area contributed by atoms with E-state index in [9.17, 15) is 4.79 Å². The molecule has 7 heteroatoms. The molecule has 1 aliphatic rings. The van der Waals surface area contributed by atoms with Crippen LogP contribution in [0.1, 0.15) is 27.7 Å². The van der Waals surface area contributed by atoms with E-state index < -0.39 is 5.60 Å². The summed E-state index contributed by atoms with van der Waals surface area (Å²) in [7, 11) is 0. The number of hydrogen-bond acceptors (Lipinski definition) is 6. The number of anilines is 1. The number of amides is 1. The average molecular weight is 360 g/mol. The van der Waals surface area contributed by atoms with Gasteiger partial charge in [-0.25, -0.2) is 14.8 Å². The van der Waals surface area contributed by atoms with E-state index in [1.165, 1.54) is 0 Å². The molecule has 6 nitrogen and oxygen atoms in total. The van der Waals surface area contributed by atoms with Crippen molar-refractivity contribution in [3.8, 4) is 10.6 Å². The Labute approximate surface area is 152 Å². The molecule has 0 N–H and O–H groups in total. The number of carbonyl (C=O) groups excluding carboxylic acids is 1. The lowest BCUT2D eigenvalue weighted by Crippen LogP contribution is -2.54. The summed E-state index contributed by atoms with van der Waals surface area (Å²) < 4.78 is 5.48. The van der Waals surface area contributed by atoms with E-state index in [4.69, 9.17) is 4.74 Å². The highest BCUT2D eigenvalue weighted by Gasteiger charge is 2.30. The van der Waals surface area contributed by atoms with Crippen LogP contribution in [-0.2, 0) is 4.74 Å². The normalized spacial score (nSPS) is 18.3. The van der Waals surface area contributed by atoms with Crippen molar-refractivity contribution in [1.82, 2.24) is 14.9 Å². The van der Waals surface area contributed by atoms with E-state index >= 15 is 0 Å². The number of carbonyl (C=O) groups is 1. The molecule has 1 fully saturated rings. The molecule has 0 saturated carbocycles. The molecule has 3 rings (SSSR count). The molecule has 0 unspecified atom stereocenters. The SMILES string of the molecule is C[C@@H]1CN(C(=O)OC(C)(C)C)CCN1c1cc(-c2cccs2)ncn1. The van der Waals surface area contributed by atoms with Gasteiger partial charge in [0.25, 0.3) is 0 Å². The molecule has 2 aromatic heterocycles. The van der Waals surface area contributed by atoms with E-state index in [0.717, 1.165) is 22.9 Å². The van der Waals surface area contributed by atoms with Crippen molar-refractivity contribution in [1.29, 1.82) is 0 Å². The van der Waals surface area contributed by atoms with Crippen molar-refractivity contribution < 1.29 is 9.53 Å². The third-order valence-corrected chi connectivity index (χ3v) is 4.89. The minimum atomic E-state index is -0.473. The number of aromatic nitrogens is 2. The molecule has 134 valence electrons. The Kier molecular flexibility index (Phi) is 4.94. The summed E-state index contributed by atoms with van der Waals surface area (Å²) >= 11 is 1.66. The summed E-state index contributed by atoms with van der Waals surface area (Å²) in [5.41, 5.74) is 0.460. The van der Waals surface area contributed by atoms with Gasteiger partial charge in [0.2, 0.25) is 0 Å². The molecule has 1 saturated heterocycles. The molecule has 0 spiro atoms. The molecule has 2 aromatic rings. The first-order chi connectivity index (χ1) is 11.8. The van der Waals surface area contributed by atoms with E-state index in [1.54, 1.807) is 22.6 Å². The van der Waals surface area contributed by atoms with Crippen LogP contribution in [0.3, 0.4) is 0 Å². The minimum Gasteiger partial charge on any atom is -0.444 e. The van der Waals surface area contributed by atoms with Crippen molar-refractivity contribution >= 4 is 23.2 Å². The van der Waals surface area contributed by atoms with Gasteiger partial charge in [0.1, 0.15) is 17.7 Å². The van der Waals surface area contributed by atoms with E-state index in [1.807, 2.05) is 38.3 Å². The molecule has 3 heterocycles. The Bertz CT molecular complexity index is 727. The number of hydrogen-bond donors (Lipinski definition) is 0. The number of piperazine rings is 1. The third-order valence-electron chi connectivity index (χ3n) is 4.00. The monoisotopic (exact) mass is 360 g/mol. The van der Waals surface area contributed by atoms with Crippen molar-refractivity contribution in [3.05, 3.63) is 29.9 Å². The van der Waals surface area contributed by atoms with Crippen LogP contribution in [0.15, 0.2) is 29.9 Å². The van der Waals surface area contributed by atoms with Gasteiger partial charge in [0, 0.05) is 31.7 Å². The van der Waals surface area contributed by atoms with Crippen LogP contribution in [0.2, 0.25) is 0 Å². The fourth-order valence-electron chi connectivity index (χ4n) is 2.85. The van der Waals surface area contributed by atoms with Crippen LogP contribution >= 0.6 is 11.3 Å². The van der Waals surface area contributed by atoms with E-state index in [0.29, 0.717) is 13.1 Å². The molecule has 1 aliphatic heterocycles. The van der Waals surface area contributed by atoms with E-state index in [2.05, 4.69) is 27.9 Å². The van der Waals surface area contributed by atoms with Crippen LogP contribution in [0.25, 0.3) is 10.6 Å². The lowest BCUT2D eigenvalue weighted by atomic mass is 10.2. The van der Waals surface area contributed by atoms with Crippen molar-refractivity contribution in [2.45, 2.75) is 39.3 Å². The van der Waals surface area contributed by atoms with Gasteiger partial charge in [-0.2, -0.15) is 0 Å². The van der Waals surface area contributed by atoms with Crippen LogP contribution in [0.5, 0.6) is 0 Å². The molecule has 1 atom stereocenters. The second-order valence-corrected chi connectivity index (χ2v) is 8.16. The Balaban J connectivity index is 1.70. The van der Waals surface area contributed by atoms with Gasteiger partial charge < -0.3 is 14.5 Å². The highest BCUT2D eigenvalue weighted by atomic mass is 32.1. The number of nitrogens with zero attached hydrogens (tertiary/aromatic N) is 4. The predicted octanol–water partition coefficient (Wildman–Crippen LogP) is 3.65. The Morgan fingerprint density at radius 2 is 2.12 bits per heavy atom. The molecule has 0 radical (unpaired) electrons. The maximum Gasteiger partial charge on any atom is 0.410 e. The molecular weight excluding hydrogens is 336 g/mol. The average Bonchev–Trinajstić information content (AvgIpc) is 3.08. The zero-order valence-corrected chi connectivity index (χ0v) is 15.9. The van der Waals surface area contributed by atoms with Crippen molar-refractivity contribution in [2.24, 2.45) is 0 Å². The zero-order valence-electron chi connectivity index (χ0n) is 15.1. The zero-order chi connectivity index (χ0) is 18.0. The van der Waals surface area contributed by atoms with Crippen LogP contribution in [0, 0.1) is 0 Å². The van der Waals surface area contributed by atoms with Crippen LogP contribution < -0.4 is 4.90 Å². The predicted molar refractivity (Wildman–Crippen MR) is 100.0 cm³/mol. The first-order valence-corrected chi connectivity index (χ1v) is 9.32. The summed E-state index contributed by atoms with van der Waals surface area (Å²) in [6, 6.07) is 6.25. The number of thiophene rings is 1. The second kappa shape index (κ2) is 7.00. The maximum absolute atomic E-state index is 12.3. The molecule has 1 amide bonds. The molecular formula is C18H24N4O2S. The van der Waals surface area contributed by atoms with Gasteiger partial charge in [0.05, 0.1) is 10.6 Å². The maximum atomic E-state index is 12.3. The largest absolute Gasteiger partial charge is 0.444 e. The lowest BCUT2D eigenvalue weighted by molar-refractivity contribution is 0.0218. The second-order valence-electron chi connectivity index (χ2n) is 7.21. The minimum absolute atomic E-state index is 0.160. The Hall–Kier alpha value is -2.15. The number of ether oxygens (including phenoxy) is 1. The van der Waals surface area contributed by atoms with Gasteiger partial charge in [-0.05, 0) is 39.1 Å². The fraction of sp³-hybridized carbons (Fsp3) is 0.500. The van der Waals surface area contributed by atoms with Crippen molar-refractivity contribution in [2.75, 3.05) is 24.5 Å². The van der Waals surface area contributed by atoms with Gasteiger partial charge >= 0.3 is 6.09 Å². The summed E-state index contributed by atoms with van der Waals surface area (Å²) in [5, 5.41) is 2.04. The van der Waals surface area contributed by atoms with E-state index in [-0.39, 0.29) is 12.1 Å². The topological polar surface area (TPSA) is 58.6 Å². The summed E-state index contributed by atoms with van der Waals surface area (Å²) in [6.45, 7) is 9.72. The molecule has 0 aromatic carbocycles. The summed E-state index contributed by atoms with van der Waals surface area (Å²) in [6.07, 6.45) is 1.36. The summed E-state index contributed by atoms with van der Waals surface area (Å²) in [4.78, 5) is 26.2. The van der Waals surface area contributed by atoms with Gasteiger partial charge in [-0.3, -0.25) is 0 Å². The first-order valence-electron chi connectivity index (χ1n) is 8.44. The highest BCUT2D eigenvalue weighted by molar-refractivity contribution is 7.13. The first kappa shape index (κ1) is 17.7. The van der Waals surface area contributed by atoms with Gasteiger partial charge in [0.15, 0.2) is 0 Å². The van der Waals surface area contributed by atoms with Crippen LogP contribution in [-0.4, -0.2) is 52.2 Å². The molecule has 0 bridgehead atoms. The van der Waals surface area contributed by atoms with Crippen molar-refractivity contribution in [3.63, 3.8) is 0 Å². The standard InChI is InChI=1S/C18H24N4O2S/c1-13-11-21(17(23)24-18(2,3)4)7-8-22(13)16-10-14(19-12-20-16)15-6-5-9-25-15/h5-6,9-10,12-13H,7-8,11H2,1-4H3/t13-/m1/s1. The quantitative estimate of drug-likeness (QED) is 0.818. The molecule has 25 heavy (non-hydrogen) atoms. The Morgan fingerprint density at radius 3 is 2.76 bits per heavy atom. The number of rotatable bonds is 2. The fourth-order valence-corrected chi connectivity index (χ4v) is 3.55. The van der Waals surface area contributed by atoms with Crippen LogP contribution in [0.4, 0.5) is 10.6 Å². The third kappa shape index (κ3) is 4.28. The highest BCUT2D eigenvalue weighted by Crippen LogP contribution is 2.26. The van der Waals surface area contributed by atoms with Gasteiger partial charge in [-0.15, -0.1) is 11.3 Å². The Morgan fingerprint density at radius 1 is 1.32 bits per heavy atom. The molecule has 0 aliphatic carbocycles. The smallest absolute Gasteiger partial charge is 0.410 e. The van der Waals surface area contributed by atoms with Gasteiger partial charge in [-0.1, -0.05) is 6.07 Å².